The number of carbonyl (C=O) groups excluding carboxylic acids is 1. The van der Waals surface area contributed by atoms with E-state index in [2.05, 4.69) is 20.4 Å². The first kappa shape index (κ1) is 20.9. The number of likely N-dealkylation sites (tertiary alicyclic amines) is 1. The van der Waals surface area contributed by atoms with Crippen molar-refractivity contribution in [3.63, 3.8) is 0 Å². The third-order valence-electron chi connectivity index (χ3n) is 3.96. The number of hydrogen-bond donors (Lipinski definition) is 2. The summed E-state index contributed by atoms with van der Waals surface area (Å²) in [6, 6.07) is 6.28. The van der Waals surface area contributed by atoms with Crippen molar-refractivity contribution in [1.29, 1.82) is 0 Å². The lowest BCUT2D eigenvalue weighted by Gasteiger charge is -2.17. The number of nitrogens with zero attached hydrogens (tertiary/aromatic N) is 2. The number of hydrogen-bond acceptors (Lipinski definition) is 3. The van der Waals surface area contributed by atoms with Gasteiger partial charge in [0.2, 0.25) is 5.91 Å². The molecule has 2 N–H and O–H groups in total. The van der Waals surface area contributed by atoms with E-state index in [1.807, 2.05) is 11.8 Å². The summed E-state index contributed by atoms with van der Waals surface area (Å²) in [5.41, 5.74) is 0.817. The topological polar surface area (TPSA) is 66.0 Å². The minimum atomic E-state index is -4.36. The molecule has 6 nitrogen and oxygen atoms in total. The summed E-state index contributed by atoms with van der Waals surface area (Å²) in [5, 5.41) is 6.08. The highest BCUT2D eigenvalue weighted by Gasteiger charge is 2.28. The van der Waals surface area contributed by atoms with Crippen molar-refractivity contribution in [1.82, 2.24) is 15.5 Å². The zero-order chi connectivity index (χ0) is 19.7. The number of halogens is 3. The van der Waals surface area contributed by atoms with Crippen LogP contribution in [-0.4, -0.2) is 55.7 Å². The fraction of sp³-hybridized carbons (Fsp3) is 0.556. The summed E-state index contributed by atoms with van der Waals surface area (Å²) in [6.45, 7) is 3.36. The van der Waals surface area contributed by atoms with Crippen molar-refractivity contribution in [3.05, 3.63) is 29.8 Å². The maximum absolute atomic E-state index is 12.1. The number of amides is 1. The smallest absolute Gasteiger partial charge is 0.422 e. The third kappa shape index (κ3) is 7.76. The van der Waals surface area contributed by atoms with E-state index in [1.165, 1.54) is 12.1 Å². The molecule has 150 valence electrons. The van der Waals surface area contributed by atoms with Crippen LogP contribution in [0.25, 0.3) is 0 Å². The summed E-state index contributed by atoms with van der Waals surface area (Å²) in [7, 11) is 0. The van der Waals surface area contributed by atoms with Crippen molar-refractivity contribution in [2.45, 2.75) is 32.5 Å². The number of benzene rings is 1. The highest BCUT2D eigenvalue weighted by molar-refractivity contribution is 5.86. The number of alkyl halides is 3. The van der Waals surface area contributed by atoms with Crippen LogP contribution in [0.5, 0.6) is 5.75 Å². The van der Waals surface area contributed by atoms with Crippen LogP contribution < -0.4 is 15.4 Å². The van der Waals surface area contributed by atoms with Crippen molar-refractivity contribution < 1.29 is 22.7 Å². The molecule has 0 unspecified atom stereocenters. The second kappa shape index (κ2) is 10.0. The molecule has 1 aromatic carbocycles. The lowest BCUT2D eigenvalue weighted by molar-refractivity contribution is -0.153. The number of aliphatic imine (C=N–C) groups is 1. The molecule has 9 heteroatoms. The Hall–Kier alpha value is -2.45. The maximum Gasteiger partial charge on any atom is 0.422 e. The molecular weight excluding hydrogens is 361 g/mol. The first-order valence-corrected chi connectivity index (χ1v) is 8.96. The Bertz CT molecular complexity index is 626. The van der Waals surface area contributed by atoms with Crippen molar-refractivity contribution in [3.8, 4) is 5.75 Å². The van der Waals surface area contributed by atoms with Gasteiger partial charge in [-0.3, -0.25) is 4.79 Å². The van der Waals surface area contributed by atoms with Crippen LogP contribution in [0.4, 0.5) is 13.2 Å². The SMILES string of the molecule is CCNC(=NCc1ccc(OCC(F)(F)F)cc1)NCC(=O)N1CCCC1. The quantitative estimate of drug-likeness (QED) is 0.558. The third-order valence-corrected chi connectivity index (χ3v) is 3.96. The Labute approximate surface area is 156 Å². The second-order valence-electron chi connectivity index (χ2n) is 6.18. The fourth-order valence-electron chi connectivity index (χ4n) is 2.61. The molecule has 2 rings (SSSR count). The van der Waals surface area contributed by atoms with Crippen LogP contribution in [0, 0.1) is 0 Å². The Balaban J connectivity index is 1.84. The molecular formula is C18H25F3N4O2. The van der Waals surface area contributed by atoms with Gasteiger partial charge in [-0.15, -0.1) is 0 Å². The standard InChI is InChI=1S/C18H25F3N4O2/c1-2-22-17(24-12-16(26)25-9-3-4-10-25)23-11-14-5-7-15(8-6-14)27-13-18(19,20)21/h5-8H,2-4,9-13H2,1H3,(H2,22,23,24). The summed E-state index contributed by atoms with van der Waals surface area (Å²) < 4.78 is 41.1. The van der Waals surface area contributed by atoms with E-state index in [-0.39, 0.29) is 18.2 Å². The molecule has 1 amide bonds. The number of ether oxygens (including phenoxy) is 1. The highest BCUT2D eigenvalue weighted by Crippen LogP contribution is 2.19. The summed E-state index contributed by atoms with van der Waals surface area (Å²) in [6.07, 6.45) is -2.27. The normalized spacial score (nSPS) is 15.0. The monoisotopic (exact) mass is 386 g/mol. The van der Waals surface area contributed by atoms with E-state index >= 15 is 0 Å². The minimum absolute atomic E-state index is 0.0456. The Morgan fingerprint density at radius 2 is 1.85 bits per heavy atom. The van der Waals surface area contributed by atoms with E-state index in [4.69, 9.17) is 0 Å². The molecule has 1 aliphatic heterocycles. The summed E-state index contributed by atoms with van der Waals surface area (Å²) >= 11 is 0. The van der Waals surface area contributed by atoms with Gasteiger partial charge in [-0.2, -0.15) is 13.2 Å². The van der Waals surface area contributed by atoms with E-state index in [0.29, 0.717) is 19.0 Å². The molecule has 0 saturated carbocycles. The van der Waals surface area contributed by atoms with Gasteiger partial charge in [0.05, 0.1) is 13.1 Å². The fourth-order valence-corrected chi connectivity index (χ4v) is 2.61. The van der Waals surface area contributed by atoms with Gasteiger partial charge in [0.15, 0.2) is 12.6 Å². The van der Waals surface area contributed by atoms with Crippen LogP contribution in [0.15, 0.2) is 29.3 Å². The van der Waals surface area contributed by atoms with Gasteiger partial charge < -0.3 is 20.3 Å². The van der Waals surface area contributed by atoms with E-state index < -0.39 is 12.8 Å². The lowest BCUT2D eigenvalue weighted by Crippen LogP contribution is -2.44. The minimum Gasteiger partial charge on any atom is -0.484 e. The summed E-state index contributed by atoms with van der Waals surface area (Å²) in [4.78, 5) is 18.3. The van der Waals surface area contributed by atoms with Gasteiger partial charge in [0.25, 0.3) is 0 Å². The van der Waals surface area contributed by atoms with E-state index in [1.54, 1.807) is 12.1 Å². The van der Waals surface area contributed by atoms with Gasteiger partial charge in [-0.05, 0) is 37.5 Å². The maximum atomic E-state index is 12.1. The molecule has 27 heavy (non-hydrogen) atoms. The molecule has 0 atom stereocenters. The average Bonchev–Trinajstić information content (AvgIpc) is 3.17. The predicted octanol–water partition coefficient (Wildman–Crippen LogP) is 2.31. The zero-order valence-electron chi connectivity index (χ0n) is 15.3. The van der Waals surface area contributed by atoms with Crippen molar-refractivity contribution in [2.24, 2.45) is 4.99 Å². The van der Waals surface area contributed by atoms with Crippen LogP contribution in [0.2, 0.25) is 0 Å². The highest BCUT2D eigenvalue weighted by atomic mass is 19.4. The number of carbonyl (C=O) groups is 1. The van der Waals surface area contributed by atoms with Crippen molar-refractivity contribution >= 4 is 11.9 Å². The number of rotatable bonds is 7. The van der Waals surface area contributed by atoms with Crippen LogP contribution in [0.1, 0.15) is 25.3 Å². The molecule has 0 radical (unpaired) electrons. The molecule has 0 bridgehead atoms. The number of nitrogens with one attached hydrogen (secondary N) is 2. The van der Waals surface area contributed by atoms with Crippen LogP contribution in [0.3, 0.4) is 0 Å². The lowest BCUT2D eigenvalue weighted by atomic mass is 10.2. The molecule has 1 aromatic rings. The zero-order valence-corrected chi connectivity index (χ0v) is 15.3. The first-order valence-electron chi connectivity index (χ1n) is 8.96. The number of guanidine groups is 1. The van der Waals surface area contributed by atoms with Crippen LogP contribution in [-0.2, 0) is 11.3 Å². The molecule has 1 aliphatic rings. The molecule has 1 saturated heterocycles. The van der Waals surface area contributed by atoms with Gasteiger partial charge in [0.1, 0.15) is 5.75 Å². The van der Waals surface area contributed by atoms with Gasteiger partial charge in [-0.1, -0.05) is 12.1 Å². The first-order chi connectivity index (χ1) is 12.9. The molecule has 1 fully saturated rings. The predicted molar refractivity (Wildman–Crippen MR) is 96.6 cm³/mol. The Kier molecular flexibility index (Phi) is 7.75. The Morgan fingerprint density at radius 1 is 1.19 bits per heavy atom. The average molecular weight is 386 g/mol. The van der Waals surface area contributed by atoms with E-state index in [9.17, 15) is 18.0 Å². The summed E-state index contributed by atoms with van der Waals surface area (Å²) in [5.74, 6) is 0.716. The van der Waals surface area contributed by atoms with Gasteiger partial charge in [0, 0.05) is 19.6 Å². The van der Waals surface area contributed by atoms with E-state index in [0.717, 1.165) is 31.5 Å². The van der Waals surface area contributed by atoms with Crippen molar-refractivity contribution in [2.75, 3.05) is 32.8 Å². The molecule has 0 aromatic heterocycles. The largest absolute Gasteiger partial charge is 0.484 e. The van der Waals surface area contributed by atoms with Gasteiger partial charge >= 0.3 is 6.18 Å². The van der Waals surface area contributed by atoms with Crippen LogP contribution >= 0.6 is 0 Å². The Morgan fingerprint density at radius 3 is 2.44 bits per heavy atom. The van der Waals surface area contributed by atoms with Gasteiger partial charge in [-0.25, -0.2) is 4.99 Å². The molecule has 0 aliphatic carbocycles. The molecule has 1 heterocycles. The molecule has 0 spiro atoms. The second-order valence-corrected chi connectivity index (χ2v) is 6.18.